The molecule has 0 bridgehead atoms. The van der Waals surface area contributed by atoms with Crippen LogP contribution in [-0.4, -0.2) is 11.8 Å². The summed E-state index contributed by atoms with van der Waals surface area (Å²) in [6.07, 6.45) is 4.79. The third kappa shape index (κ3) is 1.27. The maximum atomic E-state index is 13.4. The van der Waals surface area contributed by atoms with E-state index in [1.165, 1.54) is 12.2 Å². The Bertz CT molecular complexity index is 422. The van der Waals surface area contributed by atoms with Gasteiger partial charge in [-0.05, 0) is 37.1 Å². The number of dihydropyridines is 1. The first-order valence-electron chi connectivity index (χ1n) is 4.64. The lowest BCUT2D eigenvalue weighted by Gasteiger charge is -2.05. The third-order valence-electron chi connectivity index (χ3n) is 2.44. The van der Waals surface area contributed by atoms with Gasteiger partial charge < -0.3 is 0 Å². The normalized spacial score (nSPS) is 25.4. The number of aliphatic imine (C=N–C) groups is 1. The molecule has 1 heterocycles. The van der Waals surface area contributed by atoms with Crippen molar-refractivity contribution in [3.63, 3.8) is 0 Å². The zero-order chi connectivity index (χ0) is 10.3. The van der Waals surface area contributed by atoms with Gasteiger partial charge in [0.05, 0.1) is 6.04 Å². The Morgan fingerprint density at radius 2 is 2.36 bits per heavy atom. The third-order valence-corrected chi connectivity index (χ3v) is 2.44. The highest BCUT2D eigenvalue weighted by molar-refractivity contribution is 6.00. The molecule has 0 aromatic carbocycles. The minimum absolute atomic E-state index is 0.106. The summed E-state index contributed by atoms with van der Waals surface area (Å²) in [5.74, 6) is -0.196. The molecule has 1 aliphatic carbocycles. The standard InChI is InChI=1S/C12H12FN/c1-4-5-10(13)12-9-6-7(2)14-8(3)11(9)12/h4-6,8H,1H2,2-3H3/b10-5+. The molecule has 0 aromatic heterocycles. The van der Waals surface area contributed by atoms with Crippen molar-refractivity contribution >= 4 is 5.71 Å². The first-order valence-corrected chi connectivity index (χ1v) is 4.64. The Kier molecular flexibility index (Phi) is 1.99. The molecule has 0 spiro atoms. The molecule has 0 fully saturated rings. The lowest BCUT2D eigenvalue weighted by Crippen LogP contribution is -2.03. The second-order valence-corrected chi connectivity index (χ2v) is 3.54. The van der Waals surface area contributed by atoms with Gasteiger partial charge in [-0.1, -0.05) is 12.7 Å². The second-order valence-electron chi connectivity index (χ2n) is 3.54. The Labute approximate surface area is 83.0 Å². The number of nitrogens with zero attached hydrogens (tertiary/aromatic N) is 1. The molecule has 2 heteroatoms. The molecule has 0 saturated carbocycles. The van der Waals surface area contributed by atoms with Gasteiger partial charge in [-0.2, -0.15) is 0 Å². The molecule has 2 rings (SSSR count). The van der Waals surface area contributed by atoms with Crippen LogP contribution in [0.2, 0.25) is 0 Å². The van der Waals surface area contributed by atoms with E-state index in [1.54, 1.807) is 0 Å². The zero-order valence-corrected chi connectivity index (χ0v) is 8.34. The molecule has 72 valence electrons. The summed E-state index contributed by atoms with van der Waals surface area (Å²) >= 11 is 0. The molecule has 14 heavy (non-hydrogen) atoms. The molecule has 0 N–H and O–H groups in total. The quantitative estimate of drug-likeness (QED) is 0.592. The van der Waals surface area contributed by atoms with Crippen molar-refractivity contribution in [2.75, 3.05) is 0 Å². The molecule has 0 radical (unpaired) electrons. The summed E-state index contributed by atoms with van der Waals surface area (Å²) < 4.78 is 13.4. The predicted molar refractivity (Wildman–Crippen MR) is 57.1 cm³/mol. The molecule has 0 aromatic rings. The van der Waals surface area contributed by atoms with E-state index in [2.05, 4.69) is 11.6 Å². The maximum Gasteiger partial charge on any atom is 0.131 e. The van der Waals surface area contributed by atoms with E-state index >= 15 is 0 Å². The van der Waals surface area contributed by atoms with Gasteiger partial charge in [0.1, 0.15) is 5.83 Å². The van der Waals surface area contributed by atoms with E-state index in [-0.39, 0.29) is 11.9 Å². The Balaban J connectivity index is 2.33. The Hall–Kier alpha value is -1.44. The molecular weight excluding hydrogens is 177 g/mol. The minimum Gasteiger partial charge on any atom is -0.282 e. The minimum atomic E-state index is -0.196. The van der Waals surface area contributed by atoms with Crippen LogP contribution in [0.5, 0.6) is 0 Å². The second kappa shape index (κ2) is 3.05. The Morgan fingerprint density at radius 1 is 1.64 bits per heavy atom. The van der Waals surface area contributed by atoms with Gasteiger partial charge in [-0.25, -0.2) is 4.39 Å². The summed E-state index contributed by atoms with van der Waals surface area (Å²) in [5, 5.41) is 0. The van der Waals surface area contributed by atoms with Gasteiger partial charge in [0.15, 0.2) is 0 Å². The molecule has 0 saturated heterocycles. The fraction of sp³-hybridized carbons (Fsp3) is 0.250. The lowest BCUT2D eigenvalue weighted by molar-refractivity contribution is 0.661. The summed E-state index contributed by atoms with van der Waals surface area (Å²) in [6.45, 7) is 7.40. The highest BCUT2D eigenvalue weighted by Gasteiger charge is 2.37. The molecule has 1 nitrogen and oxygen atoms in total. The van der Waals surface area contributed by atoms with Crippen LogP contribution in [0, 0.1) is 0 Å². The molecule has 2 aliphatic rings. The van der Waals surface area contributed by atoms with Crippen LogP contribution < -0.4 is 0 Å². The zero-order valence-electron chi connectivity index (χ0n) is 8.34. The monoisotopic (exact) mass is 189 g/mol. The van der Waals surface area contributed by atoms with E-state index in [0.29, 0.717) is 0 Å². The van der Waals surface area contributed by atoms with Crippen LogP contribution in [0.25, 0.3) is 0 Å². The van der Waals surface area contributed by atoms with Crippen molar-refractivity contribution in [1.29, 1.82) is 0 Å². The van der Waals surface area contributed by atoms with E-state index in [1.807, 2.05) is 19.9 Å². The Morgan fingerprint density at radius 3 is 3.00 bits per heavy atom. The highest BCUT2D eigenvalue weighted by Crippen LogP contribution is 2.48. The number of halogens is 1. The van der Waals surface area contributed by atoms with Crippen molar-refractivity contribution in [3.05, 3.63) is 47.4 Å². The van der Waals surface area contributed by atoms with Crippen molar-refractivity contribution in [3.8, 4) is 0 Å². The molecular formula is C12H12FN. The van der Waals surface area contributed by atoms with Crippen LogP contribution in [-0.2, 0) is 0 Å². The maximum absolute atomic E-state index is 13.4. The highest BCUT2D eigenvalue weighted by atomic mass is 19.1. The number of fused-ring (bicyclic) bond motifs is 1. The average molecular weight is 189 g/mol. The van der Waals surface area contributed by atoms with Crippen molar-refractivity contribution in [2.24, 2.45) is 4.99 Å². The van der Waals surface area contributed by atoms with Crippen molar-refractivity contribution in [1.82, 2.24) is 0 Å². The van der Waals surface area contributed by atoms with E-state index in [4.69, 9.17) is 0 Å². The van der Waals surface area contributed by atoms with Crippen LogP contribution in [0.4, 0.5) is 4.39 Å². The summed E-state index contributed by atoms with van der Waals surface area (Å²) in [7, 11) is 0. The van der Waals surface area contributed by atoms with Gasteiger partial charge in [0.25, 0.3) is 0 Å². The fourth-order valence-electron chi connectivity index (χ4n) is 1.86. The molecule has 0 amide bonds. The van der Waals surface area contributed by atoms with E-state index < -0.39 is 0 Å². The fourth-order valence-corrected chi connectivity index (χ4v) is 1.86. The summed E-state index contributed by atoms with van der Waals surface area (Å²) in [4.78, 5) is 4.36. The smallest absolute Gasteiger partial charge is 0.131 e. The number of allylic oxidation sites excluding steroid dienone is 5. The van der Waals surface area contributed by atoms with Crippen LogP contribution >= 0.6 is 0 Å². The SMILES string of the molecule is C=C/C=C(/F)C1=C2C1=CC(C)=NC2C. The predicted octanol–water partition coefficient (Wildman–Crippen LogP) is 3.13. The van der Waals surface area contributed by atoms with E-state index in [0.717, 1.165) is 22.4 Å². The summed E-state index contributed by atoms with van der Waals surface area (Å²) in [5.41, 5.74) is 3.78. The van der Waals surface area contributed by atoms with Gasteiger partial charge in [0.2, 0.25) is 0 Å². The first-order chi connectivity index (χ1) is 6.65. The van der Waals surface area contributed by atoms with Gasteiger partial charge >= 0.3 is 0 Å². The number of hydrogen-bond acceptors (Lipinski definition) is 1. The molecule has 1 aliphatic heterocycles. The summed E-state index contributed by atoms with van der Waals surface area (Å²) in [6, 6.07) is 0.106. The van der Waals surface area contributed by atoms with E-state index in [9.17, 15) is 4.39 Å². The van der Waals surface area contributed by atoms with Crippen molar-refractivity contribution < 1.29 is 4.39 Å². The number of rotatable bonds is 2. The topological polar surface area (TPSA) is 12.4 Å². The van der Waals surface area contributed by atoms with Gasteiger partial charge in [0, 0.05) is 11.3 Å². The lowest BCUT2D eigenvalue weighted by atomic mass is 10.1. The van der Waals surface area contributed by atoms with Crippen LogP contribution in [0.1, 0.15) is 13.8 Å². The van der Waals surface area contributed by atoms with Crippen molar-refractivity contribution in [2.45, 2.75) is 19.9 Å². The molecule has 1 unspecified atom stereocenters. The van der Waals surface area contributed by atoms with Crippen LogP contribution in [0.15, 0.2) is 52.3 Å². The van der Waals surface area contributed by atoms with Gasteiger partial charge in [-0.15, -0.1) is 0 Å². The largest absolute Gasteiger partial charge is 0.282 e. The van der Waals surface area contributed by atoms with Crippen LogP contribution in [0.3, 0.4) is 0 Å². The average Bonchev–Trinajstić information content (AvgIpc) is 2.78. The number of hydrogen-bond donors (Lipinski definition) is 0. The molecule has 1 atom stereocenters. The first kappa shape index (κ1) is 9.13. The van der Waals surface area contributed by atoms with Gasteiger partial charge in [-0.3, -0.25) is 4.99 Å².